The van der Waals surface area contributed by atoms with Gasteiger partial charge in [-0.05, 0) is 0 Å². The SMILES string of the molecule is O=[N+]([O-])c1ccc2[n+](c1)CCC(CBr)O2. The standard InChI is InChI=1S/C9H10BrN2O3/c10-5-8-3-4-11-6-7(12(13)14)1-2-9(11)15-8/h1-2,6,8H,3-5H2/q+1. The van der Waals surface area contributed by atoms with Crippen LogP contribution >= 0.6 is 15.9 Å². The van der Waals surface area contributed by atoms with E-state index in [0.717, 1.165) is 18.3 Å². The van der Waals surface area contributed by atoms with Gasteiger partial charge in [0.1, 0.15) is 6.10 Å². The van der Waals surface area contributed by atoms with Crippen molar-refractivity contribution in [2.45, 2.75) is 19.1 Å². The lowest BCUT2D eigenvalue weighted by molar-refractivity contribution is -0.714. The van der Waals surface area contributed by atoms with Gasteiger partial charge in [0.25, 0.3) is 0 Å². The van der Waals surface area contributed by atoms with Crippen LogP contribution in [0, 0.1) is 10.1 Å². The fraction of sp³-hybridized carbons (Fsp3) is 0.444. The number of nitro groups is 1. The number of halogens is 1. The predicted molar refractivity (Wildman–Crippen MR) is 56.1 cm³/mol. The number of alkyl halides is 1. The van der Waals surface area contributed by atoms with Gasteiger partial charge < -0.3 is 4.74 Å². The van der Waals surface area contributed by atoms with Crippen LogP contribution in [-0.2, 0) is 6.54 Å². The summed E-state index contributed by atoms with van der Waals surface area (Å²) in [5, 5.41) is 11.3. The van der Waals surface area contributed by atoms with Crippen LogP contribution < -0.4 is 9.30 Å². The second kappa shape index (κ2) is 4.14. The molecule has 0 fully saturated rings. The van der Waals surface area contributed by atoms with E-state index in [1.165, 1.54) is 12.3 Å². The number of hydrogen-bond donors (Lipinski definition) is 0. The maximum Gasteiger partial charge on any atom is 0.368 e. The monoisotopic (exact) mass is 273 g/mol. The normalized spacial score (nSPS) is 19.1. The molecule has 1 aliphatic heterocycles. The Labute approximate surface area is 94.9 Å². The van der Waals surface area contributed by atoms with Crippen LogP contribution in [0.1, 0.15) is 6.42 Å². The lowest BCUT2D eigenvalue weighted by atomic mass is 10.2. The summed E-state index contributed by atoms with van der Waals surface area (Å²) >= 11 is 3.36. The van der Waals surface area contributed by atoms with E-state index in [1.807, 2.05) is 0 Å². The Balaban J connectivity index is 2.28. The molecule has 6 heteroatoms. The molecule has 1 aromatic rings. The van der Waals surface area contributed by atoms with Gasteiger partial charge in [-0.15, -0.1) is 0 Å². The average Bonchev–Trinajstić information content (AvgIpc) is 2.27. The van der Waals surface area contributed by atoms with Crippen LogP contribution in [0.2, 0.25) is 0 Å². The molecule has 0 saturated carbocycles. The van der Waals surface area contributed by atoms with Crippen molar-refractivity contribution in [1.82, 2.24) is 0 Å². The second-order valence-electron chi connectivity index (χ2n) is 3.36. The molecule has 80 valence electrons. The number of nitrogens with zero attached hydrogens (tertiary/aromatic N) is 2. The summed E-state index contributed by atoms with van der Waals surface area (Å²) in [4.78, 5) is 10.2. The lowest BCUT2D eigenvalue weighted by Crippen LogP contribution is -2.44. The fourth-order valence-electron chi connectivity index (χ4n) is 1.53. The van der Waals surface area contributed by atoms with Crippen LogP contribution in [0.25, 0.3) is 0 Å². The number of hydrogen-bond acceptors (Lipinski definition) is 3. The molecule has 0 spiro atoms. The first-order valence-corrected chi connectivity index (χ1v) is 5.73. The van der Waals surface area contributed by atoms with Gasteiger partial charge in [0.2, 0.25) is 6.20 Å². The summed E-state index contributed by atoms with van der Waals surface area (Å²) in [5.41, 5.74) is 0.0969. The van der Waals surface area contributed by atoms with E-state index in [4.69, 9.17) is 4.74 Å². The maximum atomic E-state index is 10.6. The Bertz CT molecular complexity index is 397. The van der Waals surface area contributed by atoms with E-state index in [-0.39, 0.29) is 11.8 Å². The third kappa shape index (κ3) is 2.09. The molecule has 15 heavy (non-hydrogen) atoms. The van der Waals surface area contributed by atoms with Crippen molar-refractivity contribution in [1.29, 1.82) is 0 Å². The van der Waals surface area contributed by atoms with Gasteiger partial charge in [-0.3, -0.25) is 10.1 Å². The van der Waals surface area contributed by atoms with Gasteiger partial charge in [0.05, 0.1) is 11.0 Å². The van der Waals surface area contributed by atoms with Gasteiger partial charge in [-0.2, -0.15) is 4.57 Å². The van der Waals surface area contributed by atoms with E-state index in [0.29, 0.717) is 5.88 Å². The largest absolute Gasteiger partial charge is 0.440 e. The van der Waals surface area contributed by atoms with Crippen molar-refractivity contribution in [2.75, 3.05) is 5.33 Å². The van der Waals surface area contributed by atoms with Crippen LogP contribution in [0.5, 0.6) is 5.88 Å². The molecule has 1 aromatic heterocycles. The number of pyridine rings is 1. The molecule has 2 rings (SSSR count). The third-order valence-corrected chi connectivity index (χ3v) is 3.05. The molecule has 0 N–H and O–H groups in total. The molecule has 0 amide bonds. The summed E-state index contributed by atoms with van der Waals surface area (Å²) in [6.07, 6.45) is 2.54. The summed E-state index contributed by atoms with van der Waals surface area (Å²) in [5.74, 6) is 0.691. The zero-order valence-electron chi connectivity index (χ0n) is 7.93. The molecule has 0 bridgehead atoms. The topological polar surface area (TPSA) is 56.2 Å². The minimum absolute atomic E-state index is 0.0969. The van der Waals surface area contributed by atoms with Crippen molar-refractivity contribution in [2.24, 2.45) is 0 Å². The smallest absolute Gasteiger partial charge is 0.368 e. The van der Waals surface area contributed by atoms with Gasteiger partial charge in [0.15, 0.2) is 6.54 Å². The zero-order valence-corrected chi connectivity index (χ0v) is 9.51. The molecular weight excluding hydrogens is 264 g/mol. The number of ether oxygens (including phenoxy) is 1. The van der Waals surface area contributed by atoms with Crippen LogP contribution in [-0.4, -0.2) is 16.4 Å². The third-order valence-electron chi connectivity index (χ3n) is 2.33. The fourth-order valence-corrected chi connectivity index (χ4v) is 1.99. The number of aromatic nitrogens is 1. The summed E-state index contributed by atoms with van der Waals surface area (Å²) < 4.78 is 7.38. The first kappa shape index (κ1) is 10.4. The number of fused-ring (bicyclic) bond motifs is 1. The Hall–Kier alpha value is -1.17. The first-order valence-electron chi connectivity index (χ1n) is 4.61. The number of aryl methyl sites for hydroxylation is 1. The lowest BCUT2D eigenvalue weighted by Gasteiger charge is -2.18. The summed E-state index contributed by atoms with van der Waals surface area (Å²) in [6, 6.07) is 3.11. The van der Waals surface area contributed by atoms with E-state index in [1.54, 1.807) is 10.6 Å². The van der Waals surface area contributed by atoms with Gasteiger partial charge in [-0.1, -0.05) is 15.9 Å². The zero-order chi connectivity index (χ0) is 10.8. The molecule has 1 atom stereocenters. The molecular formula is C9H10BrN2O3+. The molecule has 5 nitrogen and oxygen atoms in total. The highest BCUT2D eigenvalue weighted by Crippen LogP contribution is 2.18. The van der Waals surface area contributed by atoms with Gasteiger partial charge >= 0.3 is 11.6 Å². The molecule has 0 saturated heterocycles. The Morgan fingerprint density at radius 3 is 3.13 bits per heavy atom. The van der Waals surface area contributed by atoms with Crippen LogP contribution in [0.4, 0.5) is 5.69 Å². The number of rotatable bonds is 2. The van der Waals surface area contributed by atoms with Crippen LogP contribution in [0.3, 0.4) is 0 Å². The van der Waals surface area contributed by atoms with Crippen molar-refractivity contribution in [3.05, 3.63) is 28.4 Å². The summed E-state index contributed by atoms with van der Waals surface area (Å²) in [6.45, 7) is 0.757. The van der Waals surface area contributed by atoms with E-state index >= 15 is 0 Å². The molecule has 2 heterocycles. The Kier molecular flexibility index (Phi) is 2.86. The Morgan fingerprint density at radius 2 is 2.47 bits per heavy atom. The predicted octanol–water partition coefficient (Wildman–Crippen LogP) is 1.43. The van der Waals surface area contributed by atoms with E-state index < -0.39 is 4.92 Å². The highest BCUT2D eigenvalue weighted by molar-refractivity contribution is 9.09. The quantitative estimate of drug-likeness (QED) is 0.355. The average molecular weight is 274 g/mol. The van der Waals surface area contributed by atoms with Crippen LogP contribution in [0.15, 0.2) is 18.3 Å². The minimum Gasteiger partial charge on any atom is -0.440 e. The van der Waals surface area contributed by atoms with Crippen molar-refractivity contribution < 1.29 is 14.2 Å². The van der Waals surface area contributed by atoms with E-state index in [9.17, 15) is 10.1 Å². The minimum atomic E-state index is -0.399. The molecule has 0 aliphatic carbocycles. The van der Waals surface area contributed by atoms with Crippen molar-refractivity contribution in [3.8, 4) is 5.88 Å². The van der Waals surface area contributed by atoms with Crippen molar-refractivity contribution in [3.63, 3.8) is 0 Å². The van der Waals surface area contributed by atoms with Crippen molar-refractivity contribution >= 4 is 21.6 Å². The Morgan fingerprint density at radius 1 is 1.67 bits per heavy atom. The maximum absolute atomic E-state index is 10.6. The first-order chi connectivity index (χ1) is 7.20. The highest BCUT2D eigenvalue weighted by atomic mass is 79.9. The van der Waals surface area contributed by atoms with Gasteiger partial charge in [0, 0.05) is 17.8 Å². The summed E-state index contributed by atoms with van der Waals surface area (Å²) in [7, 11) is 0. The second-order valence-corrected chi connectivity index (χ2v) is 4.01. The highest BCUT2D eigenvalue weighted by Gasteiger charge is 2.27. The van der Waals surface area contributed by atoms with Gasteiger partial charge in [-0.25, -0.2) is 0 Å². The molecule has 1 aliphatic rings. The van der Waals surface area contributed by atoms with E-state index in [2.05, 4.69) is 15.9 Å². The molecule has 0 radical (unpaired) electrons. The molecule has 1 unspecified atom stereocenters. The molecule has 0 aromatic carbocycles.